The highest BCUT2D eigenvalue weighted by Gasteiger charge is 2.11. The third-order valence-corrected chi connectivity index (χ3v) is 3.08. The number of anilines is 2. The lowest BCUT2D eigenvalue weighted by molar-refractivity contribution is 0.583. The van der Waals surface area contributed by atoms with Gasteiger partial charge in [0.1, 0.15) is 0 Å². The lowest BCUT2D eigenvalue weighted by atomic mass is 10.1. The van der Waals surface area contributed by atoms with Crippen LogP contribution in [0.5, 0.6) is 0 Å². The summed E-state index contributed by atoms with van der Waals surface area (Å²) >= 11 is 0. The van der Waals surface area contributed by atoms with E-state index in [4.69, 9.17) is 4.99 Å². The summed E-state index contributed by atoms with van der Waals surface area (Å²) in [6.45, 7) is 10.4. The maximum absolute atomic E-state index is 4.74. The number of rotatable bonds is 2. The second-order valence-electron chi connectivity index (χ2n) is 6.61. The third-order valence-electron chi connectivity index (χ3n) is 3.08. The molecule has 0 aliphatic heterocycles. The number of hydrogen-bond donors (Lipinski definition) is 2. The molecule has 0 heterocycles. The molecular formula is C19H25N3. The van der Waals surface area contributed by atoms with Crippen LogP contribution in [-0.4, -0.2) is 11.5 Å². The molecule has 0 saturated carbocycles. The van der Waals surface area contributed by atoms with Crippen LogP contribution in [0, 0.1) is 13.8 Å². The molecule has 0 amide bonds. The molecule has 0 aliphatic rings. The zero-order valence-electron chi connectivity index (χ0n) is 14.1. The summed E-state index contributed by atoms with van der Waals surface area (Å²) in [5.41, 5.74) is 4.36. The van der Waals surface area contributed by atoms with Crippen molar-refractivity contribution in [3.05, 3.63) is 59.7 Å². The molecule has 0 spiro atoms. The monoisotopic (exact) mass is 295 g/mol. The molecule has 3 heteroatoms. The Labute approximate surface area is 133 Å². The molecule has 2 aromatic rings. The van der Waals surface area contributed by atoms with E-state index in [0.29, 0.717) is 0 Å². The molecule has 2 rings (SSSR count). The summed E-state index contributed by atoms with van der Waals surface area (Å²) in [7, 11) is 0. The van der Waals surface area contributed by atoms with E-state index in [-0.39, 0.29) is 5.54 Å². The van der Waals surface area contributed by atoms with Gasteiger partial charge < -0.3 is 10.6 Å². The van der Waals surface area contributed by atoms with Crippen molar-refractivity contribution in [3.63, 3.8) is 0 Å². The largest absolute Gasteiger partial charge is 0.326 e. The van der Waals surface area contributed by atoms with Crippen molar-refractivity contribution in [1.29, 1.82) is 0 Å². The molecule has 2 N–H and O–H groups in total. The summed E-state index contributed by atoms with van der Waals surface area (Å²) in [5, 5.41) is 6.73. The van der Waals surface area contributed by atoms with Gasteiger partial charge in [-0.2, -0.15) is 0 Å². The summed E-state index contributed by atoms with van der Waals surface area (Å²) in [4.78, 5) is 4.74. The van der Waals surface area contributed by atoms with Gasteiger partial charge in [0.2, 0.25) is 5.96 Å². The fraction of sp³-hybridized carbons (Fsp3) is 0.316. The van der Waals surface area contributed by atoms with Gasteiger partial charge >= 0.3 is 0 Å². The lowest BCUT2D eigenvalue weighted by Crippen LogP contribution is -2.26. The van der Waals surface area contributed by atoms with E-state index in [9.17, 15) is 0 Å². The molecular weight excluding hydrogens is 270 g/mol. The fourth-order valence-electron chi connectivity index (χ4n) is 1.97. The topological polar surface area (TPSA) is 36.4 Å². The molecule has 0 radical (unpaired) electrons. The maximum atomic E-state index is 4.74. The Balaban J connectivity index is 2.21. The number of guanidine groups is 1. The van der Waals surface area contributed by atoms with Gasteiger partial charge in [-0.15, -0.1) is 0 Å². The van der Waals surface area contributed by atoms with Crippen LogP contribution in [0.15, 0.2) is 53.5 Å². The smallest absolute Gasteiger partial charge is 0.200 e. The quantitative estimate of drug-likeness (QED) is 0.605. The van der Waals surface area contributed by atoms with E-state index in [1.807, 2.05) is 0 Å². The van der Waals surface area contributed by atoms with Crippen LogP contribution < -0.4 is 10.6 Å². The van der Waals surface area contributed by atoms with Crippen LogP contribution >= 0.6 is 0 Å². The van der Waals surface area contributed by atoms with Crippen LogP contribution in [0.3, 0.4) is 0 Å². The van der Waals surface area contributed by atoms with Crippen molar-refractivity contribution in [1.82, 2.24) is 0 Å². The van der Waals surface area contributed by atoms with E-state index >= 15 is 0 Å². The third kappa shape index (κ3) is 5.24. The SMILES string of the molecule is Cc1ccc(NC(=NC(C)(C)C)Nc2ccc(C)cc2)cc1. The second-order valence-corrected chi connectivity index (χ2v) is 6.61. The number of aliphatic imine (C=N–C) groups is 1. The molecule has 0 fully saturated rings. The molecule has 0 aliphatic carbocycles. The van der Waals surface area contributed by atoms with Gasteiger partial charge in [0.25, 0.3) is 0 Å². The number of nitrogens with one attached hydrogen (secondary N) is 2. The minimum atomic E-state index is -0.162. The van der Waals surface area contributed by atoms with Gasteiger partial charge in [-0.3, -0.25) is 0 Å². The van der Waals surface area contributed by atoms with Crippen molar-refractivity contribution >= 4 is 17.3 Å². The van der Waals surface area contributed by atoms with Gasteiger partial charge in [-0.1, -0.05) is 35.4 Å². The minimum absolute atomic E-state index is 0.162. The Morgan fingerprint density at radius 2 is 1.09 bits per heavy atom. The zero-order valence-corrected chi connectivity index (χ0v) is 14.1. The average molecular weight is 295 g/mol. The van der Waals surface area contributed by atoms with Crippen molar-refractivity contribution in [2.75, 3.05) is 10.6 Å². The molecule has 22 heavy (non-hydrogen) atoms. The summed E-state index contributed by atoms with van der Waals surface area (Å²) < 4.78 is 0. The van der Waals surface area contributed by atoms with Crippen molar-refractivity contribution < 1.29 is 0 Å². The fourth-order valence-corrected chi connectivity index (χ4v) is 1.97. The number of aryl methyl sites for hydroxylation is 2. The number of hydrogen-bond acceptors (Lipinski definition) is 1. The molecule has 3 nitrogen and oxygen atoms in total. The molecule has 0 saturated heterocycles. The van der Waals surface area contributed by atoms with Gasteiger partial charge in [0.05, 0.1) is 5.54 Å². The Morgan fingerprint density at radius 3 is 1.41 bits per heavy atom. The van der Waals surface area contributed by atoms with E-state index in [1.165, 1.54) is 11.1 Å². The first-order valence-electron chi connectivity index (χ1n) is 7.59. The normalized spacial score (nSPS) is 11.0. The molecule has 0 bridgehead atoms. The average Bonchev–Trinajstić information content (AvgIpc) is 2.42. The first-order chi connectivity index (χ1) is 10.3. The first kappa shape index (κ1) is 16.1. The second kappa shape index (κ2) is 6.65. The lowest BCUT2D eigenvalue weighted by Gasteiger charge is -2.19. The van der Waals surface area contributed by atoms with Crippen molar-refractivity contribution in [3.8, 4) is 0 Å². The van der Waals surface area contributed by atoms with E-state index in [0.717, 1.165) is 17.3 Å². The van der Waals surface area contributed by atoms with Crippen molar-refractivity contribution in [2.24, 2.45) is 4.99 Å². The predicted molar refractivity (Wildman–Crippen MR) is 96.8 cm³/mol. The summed E-state index contributed by atoms with van der Waals surface area (Å²) in [6.07, 6.45) is 0. The van der Waals surface area contributed by atoms with E-state index < -0.39 is 0 Å². The Kier molecular flexibility index (Phi) is 4.86. The molecule has 0 unspecified atom stereocenters. The van der Waals surface area contributed by atoms with Crippen molar-refractivity contribution in [2.45, 2.75) is 40.2 Å². The highest BCUT2D eigenvalue weighted by atomic mass is 15.2. The van der Waals surface area contributed by atoms with Gasteiger partial charge in [0, 0.05) is 11.4 Å². The highest BCUT2D eigenvalue weighted by molar-refractivity contribution is 6.03. The number of benzene rings is 2. The molecule has 0 aromatic heterocycles. The standard InChI is InChI=1S/C19H25N3/c1-14-6-10-16(11-7-14)20-18(22-19(3,4)5)21-17-12-8-15(2)9-13-17/h6-13H,1-5H3,(H2,20,21,22). The summed E-state index contributed by atoms with van der Waals surface area (Å²) in [6, 6.07) is 16.6. The van der Waals surface area contributed by atoms with Gasteiger partial charge in [0.15, 0.2) is 0 Å². The van der Waals surface area contributed by atoms with E-state index in [2.05, 4.69) is 93.8 Å². The van der Waals surface area contributed by atoms with Crippen LogP contribution in [0.25, 0.3) is 0 Å². The van der Waals surface area contributed by atoms with E-state index in [1.54, 1.807) is 0 Å². The predicted octanol–water partition coefficient (Wildman–Crippen LogP) is 4.98. The van der Waals surface area contributed by atoms with Crippen LogP contribution in [0.2, 0.25) is 0 Å². The minimum Gasteiger partial charge on any atom is -0.326 e. The first-order valence-corrected chi connectivity index (χ1v) is 7.59. The van der Waals surface area contributed by atoms with Crippen LogP contribution in [0.4, 0.5) is 11.4 Å². The summed E-state index contributed by atoms with van der Waals surface area (Å²) in [5.74, 6) is 0.750. The molecule has 116 valence electrons. The molecule has 0 atom stereocenters. The van der Waals surface area contributed by atoms with Gasteiger partial charge in [-0.05, 0) is 58.9 Å². The molecule has 2 aromatic carbocycles. The Morgan fingerprint density at radius 1 is 0.727 bits per heavy atom. The Hall–Kier alpha value is -2.29. The van der Waals surface area contributed by atoms with Gasteiger partial charge in [-0.25, -0.2) is 4.99 Å². The maximum Gasteiger partial charge on any atom is 0.200 e. The van der Waals surface area contributed by atoms with Crippen LogP contribution in [0.1, 0.15) is 31.9 Å². The Bertz CT molecular complexity index is 582. The zero-order chi connectivity index (χ0) is 16.2. The van der Waals surface area contributed by atoms with Crippen LogP contribution in [-0.2, 0) is 0 Å². The number of nitrogens with zero attached hydrogens (tertiary/aromatic N) is 1. The highest BCUT2D eigenvalue weighted by Crippen LogP contribution is 2.14.